The summed E-state index contributed by atoms with van der Waals surface area (Å²) in [5.74, 6) is -0.0277. The van der Waals surface area contributed by atoms with Crippen LogP contribution in [-0.4, -0.2) is 24.5 Å². The first-order valence-electron chi connectivity index (χ1n) is 10.6. The molecule has 2 amide bonds. The van der Waals surface area contributed by atoms with Gasteiger partial charge in [-0.2, -0.15) is 5.26 Å². The van der Waals surface area contributed by atoms with Crippen molar-refractivity contribution in [3.05, 3.63) is 65.2 Å². The van der Waals surface area contributed by atoms with Crippen LogP contribution in [0.15, 0.2) is 54.1 Å². The van der Waals surface area contributed by atoms with Crippen molar-refractivity contribution >= 4 is 23.6 Å². The molecule has 3 rings (SSSR count). The molecular formula is C25H27N3O3. The number of ether oxygens (including phenoxy) is 1. The molecule has 2 N–H and O–H groups in total. The molecule has 0 radical (unpaired) electrons. The van der Waals surface area contributed by atoms with E-state index in [1.165, 1.54) is 12.5 Å². The molecule has 1 aliphatic rings. The van der Waals surface area contributed by atoms with Crippen LogP contribution in [-0.2, 0) is 9.59 Å². The van der Waals surface area contributed by atoms with Crippen molar-refractivity contribution < 1.29 is 14.3 Å². The largest absolute Gasteiger partial charge is 0.484 e. The number of nitrogens with zero attached hydrogens (tertiary/aromatic N) is 1. The summed E-state index contributed by atoms with van der Waals surface area (Å²) in [6.45, 7) is 1.93. The van der Waals surface area contributed by atoms with Crippen LogP contribution < -0.4 is 15.4 Å². The maximum Gasteiger partial charge on any atom is 0.266 e. The highest BCUT2D eigenvalue weighted by Crippen LogP contribution is 2.18. The molecule has 0 aromatic heterocycles. The molecule has 31 heavy (non-hydrogen) atoms. The highest BCUT2D eigenvalue weighted by atomic mass is 16.5. The number of hydrogen-bond donors (Lipinski definition) is 2. The maximum atomic E-state index is 12.4. The smallest absolute Gasteiger partial charge is 0.266 e. The molecular weight excluding hydrogens is 390 g/mol. The lowest BCUT2D eigenvalue weighted by atomic mass is 9.95. The molecule has 2 aromatic rings. The summed E-state index contributed by atoms with van der Waals surface area (Å²) in [6.07, 6.45) is 7.15. The lowest BCUT2D eigenvalue weighted by molar-refractivity contribution is -0.124. The van der Waals surface area contributed by atoms with Crippen LogP contribution >= 0.6 is 0 Å². The van der Waals surface area contributed by atoms with Crippen LogP contribution in [0.5, 0.6) is 5.75 Å². The Bertz CT molecular complexity index is 967. The topological polar surface area (TPSA) is 91.2 Å². The summed E-state index contributed by atoms with van der Waals surface area (Å²) < 4.78 is 5.55. The summed E-state index contributed by atoms with van der Waals surface area (Å²) in [7, 11) is 0. The van der Waals surface area contributed by atoms with E-state index in [4.69, 9.17) is 4.74 Å². The number of aryl methyl sites for hydroxylation is 1. The van der Waals surface area contributed by atoms with Gasteiger partial charge >= 0.3 is 0 Å². The van der Waals surface area contributed by atoms with Crippen LogP contribution in [0.25, 0.3) is 6.08 Å². The number of nitrogens with one attached hydrogen (secondary N) is 2. The Hall–Kier alpha value is -3.59. The first-order chi connectivity index (χ1) is 15.0. The van der Waals surface area contributed by atoms with Crippen LogP contribution in [0.1, 0.15) is 43.2 Å². The van der Waals surface area contributed by atoms with E-state index in [1.807, 2.05) is 25.1 Å². The van der Waals surface area contributed by atoms with E-state index in [0.717, 1.165) is 31.2 Å². The van der Waals surface area contributed by atoms with E-state index in [9.17, 15) is 14.9 Å². The van der Waals surface area contributed by atoms with Crippen molar-refractivity contribution in [3.63, 3.8) is 0 Å². The van der Waals surface area contributed by atoms with Crippen molar-refractivity contribution in [1.82, 2.24) is 5.32 Å². The number of amides is 2. The lowest BCUT2D eigenvalue weighted by Crippen LogP contribution is -2.38. The van der Waals surface area contributed by atoms with Gasteiger partial charge in [0.05, 0.1) is 0 Å². The van der Waals surface area contributed by atoms with Gasteiger partial charge in [-0.05, 0) is 55.7 Å². The second-order valence-corrected chi connectivity index (χ2v) is 7.75. The summed E-state index contributed by atoms with van der Waals surface area (Å²) in [6, 6.07) is 16.5. The van der Waals surface area contributed by atoms with E-state index in [-0.39, 0.29) is 24.1 Å². The standard InChI is InChI=1S/C25H27N3O3/c1-18-7-11-22(12-8-18)28-25(30)20(16-26)15-19-9-13-23(14-10-19)31-17-24(29)27-21-5-3-2-4-6-21/h7-15,21H,2-6,17H2,1H3,(H,27,29)(H,28,30)/b20-15+. The van der Waals surface area contributed by atoms with Gasteiger partial charge in [-0.3, -0.25) is 9.59 Å². The summed E-state index contributed by atoms with van der Waals surface area (Å²) >= 11 is 0. The molecule has 2 aromatic carbocycles. The number of anilines is 1. The Kier molecular flexibility index (Phi) is 7.83. The van der Waals surface area contributed by atoms with Crippen molar-refractivity contribution in [3.8, 4) is 11.8 Å². The molecule has 0 atom stereocenters. The van der Waals surface area contributed by atoms with Crippen LogP contribution in [0.3, 0.4) is 0 Å². The van der Waals surface area contributed by atoms with Crippen LogP contribution in [0, 0.1) is 18.3 Å². The average Bonchev–Trinajstić information content (AvgIpc) is 2.79. The molecule has 0 spiro atoms. The molecule has 6 heteroatoms. The van der Waals surface area contributed by atoms with Gasteiger partial charge in [0.1, 0.15) is 17.4 Å². The average molecular weight is 418 g/mol. The van der Waals surface area contributed by atoms with Gasteiger partial charge in [0.15, 0.2) is 6.61 Å². The second-order valence-electron chi connectivity index (χ2n) is 7.75. The molecule has 160 valence electrons. The molecule has 0 bridgehead atoms. The minimum Gasteiger partial charge on any atom is -0.484 e. The predicted molar refractivity (Wildman–Crippen MR) is 120 cm³/mol. The zero-order valence-electron chi connectivity index (χ0n) is 17.7. The molecule has 0 aliphatic heterocycles. The summed E-state index contributed by atoms with van der Waals surface area (Å²) in [5.41, 5.74) is 2.41. The molecule has 6 nitrogen and oxygen atoms in total. The third kappa shape index (κ3) is 7.00. The first-order valence-corrected chi connectivity index (χ1v) is 10.6. The van der Waals surface area contributed by atoms with Gasteiger partial charge in [0.25, 0.3) is 11.8 Å². The van der Waals surface area contributed by atoms with E-state index in [0.29, 0.717) is 17.0 Å². The van der Waals surface area contributed by atoms with Crippen LogP contribution in [0.2, 0.25) is 0 Å². The number of rotatable bonds is 7. The van der Waals surface area contributed by atoms with Gasteiger partial charge < -0.3 is 15.4 Å². The third-order valence-corrected chi connectivity index (χ3v) is 5.21. The predicted octanol–water partition coefficient (Wildman–Crippen LogP) is 4.37. The van der Waals surface area contributed by atoms with Crippen molar-refractivity contribution in [2.24, 2.45) is 0 Å². The molecule has 1 saturated carbocycles. The highest BCUT2D eigenvalue weighted by molar-refractivity contribution is 6.09. The van der Waals surface area contributed by atoms with Crippen molar-refractivity contribution in [2.45, 2.75) is 45.1 Å². The SMILES string of the molecule is Cc1ccc(NC(=O)/C(C#N)=C/c2ccc(OCC(=O)NC3CCCCC3)cc2)cc1. The minimum atomic E-state index is -0.467. The van der Waals surface area contributed by atoms with E-state index in [1.54, 1.807) is 36.4 Å². The lowest BCUT2D eigenvalue weighted by Gasteiger charge is -2.22. The monoisotopic (exact) mass is 417 g/mol. The Morgan fingerprint density at radius 1 is 1.06 bits per heavy atom. The quantitative estimate of drug-likeness (QED) is 0.517. The van der Waals surface area contributed by atoms with Crippen LogP contribution in [0.4, 0.5) is 5.69 Å². The Morgan fingerprint density at radius 2 is 1.74 bits per heavy atom. The second kappa shape index (κ2) is 11.0. The van der Waals surface area contributed by atoms with Crippen molar-refractivity contribution in [2.75, 3.05) is 11.9 Å². The van der Waals surface area contributed by atoms with Gasteiger partial charge in [0.2, 0.25) is 0 Å². The summed E-state index contributed by atoms with van der Waals surface area (Å²) in [4.78, 5) is 24.4. The first kappa shape index (κ1) is 22.1. The Morgan fingerprint density at radius 3 is 2.39 bits per heavy atom. The van der Waals surface area contributed by atoms with Gasteiger partial charge in [-0.15, -0.1) is 0 Å². The third-order valence-electron chi connectivity index (χ3n) is 5.21. The van der Waals surface area contributed by atoms with E-state index < -0.39 is 5.91 Å². The fraction of sp³-hybridized carbons (Fsp3) is 0.320. The highest BCUT2D eigenvalue weighted by Gasteiger charge is 2.16. The summed E-state index contributed by atoms with van der Waals surface area (Å²) in [5, 5.41) is 15.1. The fourth-order valence-electron chi connectivity index (χ4n) is 3.48. The molecule has 1 fully saturated rings. The molecule has 0 saturated heterocycles. The maximum absolute atomic E-state index is 12.4. The Labute approximate surface area is 182 Å². The number of carbonyl (C=O) groups is 2. The normalized spacial score (nSPS) is 14.4. The van der Waals surface area contributed by atoms with Gasteiger partial charge in [-0.25, -0.2) is 0 Å². The van der Waals surface area contributed by atoms with Gasteiger partial charge in [0, 0.05) is 11.7 Å². The number of hydrogen-bond acceptors (Lipinski definition) is 4. The zero-order valence-corrected chi connectivity index (χ0v) is 17.7. The number of benzene rings is 2. The van der Waals surface area contributed by atoms with Gasteiger partial charge in [-0.1, -0.05) is 49.1 Å². The Balaban J connectivity index is 1.53. The number of carbonyl (C=O) groups excluding carboxylic acids is 2. The minimum absolute atomic E-state index is 0.00102. The van der Waals surface area contributed by atoms with Crippen molar-refractivity contribution in [1.29, 1.82) is 5.26 Å². The van der Waals surface area contributed by atoms with E-state index in [2.05, 4.69) is 10.6 Å². The molecule has 0 heterocycles. The molecule has 1 aliphatic carbocycles. The van der Waals surface area contributed by atoms with E-state index >= 15 is 0 Å². The fourth-order valence-corrected chi connectivity index (χ4v) is 3.48. The number of nitriles is 1. The zero-order chi connectivity index (χ0) is 22.1. The molecule has 0 unspecified atom stereocenters.